The van der Waals surface area contributed by atoms with Crippen molar-refractivity contribution in [2.75, 3.05) is 5.32 Å². The van der Waals surface area contributed by atoms with E-state index >= 15 is 0 Å². The third kappa shape index (κ3) is 2.86. The van der Waals surface area contributed by atoms with E-state index < -0.39 is 12.0 Å². The number of rotatable bonds is 4. The second-order valence-electron chi connectivity index (χ2n) is 4.58. The van der Waals surface area contributed by atoms with E-state index in [1.165, 1.54) is 11.3 Å². The lowest BCUT2D eigenvalue weighted by Gasteiger charge is -2.05. The number of fused-ring (bicyclic) bond motifs is 1. The molecule has 6 heteroatoms. The highest BCUT2D eigenvalue weighted by Crippen LogP contribution is 2.25. The monoisotopic (exact) mass is 299 g/mol. The maximum Gasteiger partial charge on any atom is 0.326 e. The van der Waals surface area contributed by atoms with Crippen molar-refractivity contribution in [3.8, 4) is 0 Å². The predicted octanol–water partition coefficient (Wildman–Crippen LogP) is 3.12. The van der Waals surface area contributed by atoms with Gasteiger partial charge in [0.1, 0.15) is 6.04 Å². The molecule has 0 saturated heterocycles. The van der Waals surface area contributed by atoms with Crippen LogP contribution in [0.15, 0.2) is 47.8 Å². The number of nitrogens with two attached hydrogens (primary N) is 1. The molecule has 0 fully saturated rings. The van der Waals surface area contributed by atoms with Crippen LogP contribution in [-0.2, 0) is 4.79 Å². The number of carboxylic acids is 1. The SMILES string of the molecule is NC(C(=O)O)c1csc(Nc2ccc3ccccc3c2)n1. The summed E-state index contributed by atoms with van der Waals surface area (Å²) >= 11 is 1.33. The molecular formula is C15H13N3O2S. The van der Waals surface area contributed by atoms with E-state index in [-0.39, 0.29) is 0 Å². The number of aliphatic carboxylic acids is 1. The van der Waals surface area contributed by atoms with Gasteiger partial charge in [0.05, 0.1) is 5.69 Å². The molecule has 3 rings (SSSR count). The average Bonchev–Trinajstić information content (AvgIpc) is 2.94. The maximum atomic E-state index is 10.8. The molecule has 106 valence electrons. The molecule has 1 unspecified atom stereocenters. The molecule has 0 aliphatic heterocycles. The van der Waals surface area contributed by atoms with Gasteiger partial charge in [-0.2, -0.15) is 0 Å². The van der Waals surface area contributed by atoms with Gasteiger partial charge in [0.25, 0.3) is 0 Å². The molecule has 4 N–H and O–H groups in total. The minimum atomic E-state index is -1.09. The zero-order chi connectivity index (χ0) is 14.8. The minimum Gasteiger partial charge on any atom is -0.480 e. The highest BCUT2D eigenvalue weighted by molar-refractivity contribution is 7.13. The van der Waals surface area contributed by atoms with Crippen LogP contribution >= 0.6 is 11.3 Å². The summed E-state index contributed by atoms with van der Waals surface area (Å²) < 4.78 is 0. The van der Waals surface area contributed by atoms with Crippen LogP contribution in [0, 0.1) is 0 Å². The normalized spacial score (nSPS) is 12.2. The van der Waals surface area contributed by atoms with Crippen LogP contribution in [0.3, 0.4) is 0 Å². The van der Waals surface area contributed by atoms with Crippen LogP contribution in [0.25, 0.3) is 10.8 Å². The van der Waals surface area contributed by atoms with Gasteiger partial charge in [-0.1, -0.05) is 30.3 Å². The Hall–Kier alpha value is -2.44. The van der Waals surface area contributed by atoms with Gasteiger partial charge in [0, 0.05) is 11.1 Å². The van der Waals surface area contributed by atoms with E-state index in [1.807, 2.05) is 42.5 Å². The van der Waals surface area contributed by atoms with E-state index in [9.17, 15) is 4.79 Å². The quantitative estimate of drug-likeness (QED) is 0.689. The Morgan fingerprint density at radius 1 is 1.24 bits per heavy atom. The number of carbonyl (C=O) groups is 1. The largest absolute Gasteiger partial charge is 0.480 e. The smallest absolute Gasteiger partial charge is 0.326 e. The summed E-state index contributed by atoms with van der Waals surface area (Å²) in [5.74, 6) is -1.09. The predicted molar refractivity (Wildman–Crippen MR) is 83.9 cm³/mol. The topological polar surface area (TPSA) is 88.2 Å². The first kappa shape index (κ1) is 13.5. The van der Waals surface area contributed by atoms with Crippen molar-refractivity contribution in [2.24, 2.45) is 5.73 Å². The lowest BCUT2D eigenvalue weighted by molar-refractivity contribution is -0.138. The Morgan fingerprint density at radius 2 is 2.00 bits per heavy atom. The molecule has 0 amide bonds. The summed E-state index contributed by atoms with van der Waals surface area (Å²) in [5.41, 5.74) is 6.79. The van der Waals surface area contributed by atoms with Crippen molar-refractivity contribution in [3.63, 3.8) is 0 Å². The van der Waals surface area contributed by atoms with Crippen molar-refractivity contribution in [1.82, 2.24) is 4.98 Å². The summed E-state index contributed by atoms with van der Waals surface area (Å²) in [6.07, 6.45) is 0. The zero-order valence-electron chi connectivity index (χ0n) is 11.0. The molecule has 3 aromatic rings. The van der Waals surface area contributed by atoms with Crippen molar-refractivity contribution >= 4 is 38.9 Å². The Morgan fingerprint density at radius 3 is 2.76 bits per heavy atom. The van der Waals surface area contributed by atoms with Crippen LogP contribution in [-0.4, -0.2) is 16.1 Å². The molecule has 2 aromatic carbocycles. The number of nitrogens with one attached hydrogen (secondary N) is 1. The lowest BCUT2D eigenvalue weighted by atomic mass is 10.1. The number of thiazole rings is 1. The summed E-state index contributed by atoms with van der Waals surface area (Å²) in [7, 11) is 0. The third-order valence-electron chi connectivity index (χ3n) is 3.11. The number of benzene rings is 2. The van der Waals surface area contributed by atoms with Crippen LogP contribution < -0.4 is 11.1 Å². The number of anilines is 2. The molecule has 0 bridgehead atoms. The van der Waals surface area contributed by atoms with E-state index in [4.69, 9.17) is 10.8 Å². The van der Waals surface area contributed by atoms with Gasteiger partial charge in [-0.25, -0.2) is 4.98 Å². The zero-order valence-corrected chi connectivity index (χ0v) is 11.8. The maximum absolute atomic E-state index is 10.8. The van der Waals surface area contributed by atoms with Gasteiger partial charge in [0.2, 0.25) is 0 Å². The Bertz CT molecular complexity index is 800. The molecule has 0 spiro atoms. The molecule has 0 saturated carbocycles. The number of nitrogens with zero attached hydrogens (tertiary/aromatic N) is 1. The van der Waals surface area contributed by atoms with Gasteiger partial charge in [-0.05, 0) is 22.9 Å². The molecule has 0 aliphatic carbocycles. The number of hydrogen-bond acceptors (Lipinski definition) is 5. The van der Waals surface area contributed by atoms with Gasteiger partial charge in [0.15, 0.2) is 5.13 Å². The van der Waals surface area contributed by atoms with Crippen molar-refractivity contribution in [3.05, 3.63) is 53.5 Å². The summed E-state index contributed by atoms with van der Waals surface area (Å²) in [5, 5.41) is 16.6. The number of hydrogen-bond donors (Lipinski definition) is 3. The Labute approximate surface area is 125 Å². The molecule has 1 heterocycles. The molecule has 0 aliphatic rings. The van der Waals surface area contributed by atoms with Crippen LogP contribution in [0.1, 0.15) is 11.7 Å². The molecule has 0 radical (unpaired) electrons. The summed E-state index contributed by atoms with van der Waals surface area (Å²) in [6, 6.07) is 13.0. The average molecular weight is 299 g/mol. The van der Waals surface area contributed by atoms with Gasteiger partial charge < -0.3 is 16.2 Å². The molecule has 5 nitrogen and oxygen atoms in total. The van der Waals surface area contributed by atoms with Crippen molar-refractivity contribution < 1.29 is 9.90 Å². The fourth-order valence-corrected chi connectivity index (χ4v) is 2.77. The van der Waals surface area contributed by atoms with Crippen LogP contribution in [0.2, 0.25) is 0 Å². The van der Waals surface area contributed by atoms with E-state index in [0.29, 0.717) is 10.8 Å². The van der Waals surface area contributed by atoms with Gasteiger partial charge in [-0.3, -0.25) is 4.79 Å². The fraction of sp³-hybridized carbons (Fsp3) is 0.0667. The molecule has 21 heavy (non-hydrogen) atoms. The second kappa shape index (κ2) is 5.51. The minimum absolute atomic E-state index is 0.357. The summed E-state index contributed by atoms with van der Waals surface area (Å²) in [6.45, 7) is 0. The highest BCUT2D eigenvalue weighted by atomic mass is 32.1. The Balaban J connectivity index is 1.83. The van der Waals surface area contributed by atoms with Crippen molar-refractivity contribution in [1.29, 1.82) is 0 Å². The number of carboxylic acid groups (broad SMARTS) is 1. The molecule has 1 atom stereocenters. The van der Waals surface area contributed by atoms with Crippen LogP contribution in [0.4, 0.5) is 10.8 Å². The first-order chi connectivity index (χ1) is 10.1. The molecular weight excluding hydrogens is 286 g/mol. The summed E-state index contributed by atoms with van der Waals surface area (Å²) in [4.78, 5) is 15.0. The standard InChI is InChI=1S/C15H13N3O2S/c16-13(14(19)20)12-8-21-15(18-12)17-11-6-5-9-3-1-2-4-10(9)7-11/h1-8,13H,16H2,(H,17,18)(H,19,20). The van der Waals surface area contributed by atoms with Crippen LogP contribution in [0.5, 0.6) is 0 Å². The first-order valence-corrected chi connectivity index (χ1v) is 7.21. The van der Waals surface area contributed by atoms with Gasteiger partial charge in [-0.15, -0.1) is 11.3 Å². The highest BCUT2D eigenvalue weighted by Gasteiger charge is 2.17. The van der Waals surface area contributed by atoms with Gasteiger partial charge >= 0.3 is 5.97 Å². The van der Waals surface area contributed by atoms with E-state index in [1.54, 1.807) is 5.38 Å². The van der Waals surface area contributed by atoms with E-state index in [2.05, 4.69) is 10.3 Å². The third-order valence-corrected chi connectivity index (χ3v) is 3.88. The number of aromatic nitrogens is 1. The lowest BCUT2D eigenvalue weighted by Crippen LogP contribution is -2.20. The van der Waals surface area contributed by atoms with Crippen molar-refractivity contribution in [2.45, 2.75) is 6.04 Å². The molecule has 1 aromatic heterocycles. The first-order valence-electron chi connectivity index (χ1n) is 6.33. The fourth-order valence-electron chi connectivity index (χ4n) is 2.00. The van der Waals surface area contributed by atoms with E-state index in [0.717, 1.165) is 16.5 Å². The second-order valence-corrected chi connectivity index (χ2v) is 5.44. The Kier molecular flexibility index (Phi) is 3.55.